The number of para-hydroxylation sites is 3. The van der Waals surface area contributed by atoms with Gasteiger partial charge in [0, 0.05) is 24.0 Å². The standard InChI is InChI=1S/C22H23N3O2/c1-3-25(18-10-6-5-7-11-18)22(26)17-14-15-23-21(16-17)24-19-12-8-9-13-20(19)27-4-2/h5-16H,3-4H2,1-2H3,(H,23,24). The highest BCUT2D eigenvalue weighted by Gasteiger charge is 2.16. The highest BCUT2D eigenvalue weighted by atomic mass is 16.5. The normalized spacial score (nSPS) is 10.3. The molecule has 1 aromatic heterocycles. The molecule has 27 heavy (non-hydrogen) atoms. The van der Waals surface area contributed by atoms with Gasteiger partial charge in [0.25, 0.3) is 5.91 Å². The summed E-state index contributed by atoms with van der Waals surface area (Å²) in [6.45, 7) is 5.06. The van der Waals surface area contributed by atoms with Gasteiger partial charge in [0.2, 0.25) is 0 Å². The van der Waals surface area contributed by atoms with Crippen molar-refractivity contribution in [2.75, 3.05) is 23.4 Å². The molecule has 0 saturated heterocycles. The van der Waals surface area contributed by atoms with E-state index in [2.05, 4.69) is 10.3 Å². The molecule has 3 rings (SSSR count). The van der Waals surface area contributed by atoms with E-state index in [-0.39, 0.29) is 5.91 Å². The number of anilines is 3. The number of benzene rings is 2. The fourth-order valence-electron chi connectivity index (χ4n) is 2.83. The van der Waals surface area contributed by atoms with E-state index in [0.29, 0.717) is 24.5 Å². The van der Waals surface area contributed by atoms with Gasteiger partial charge in [-0.15, -0.1) is 0 Å². The molecule has 1 N–H and O–H groups in total. The number of nitrogens with one attached hydrogen (secondary N) is 1. The van der Waals surface area contributed by atoms with Gasteiger partial charge < -0.3 is 15.0 Å². The zero-order valence-electron chi connectivity index (χ0n) is 15.6. The molecule has 0 atom stereocenters. The van der Waals surface area contributed by atoms with Crippen LogP contribution in [0.4, 0.5) is 17.2 Å². The first kappa shape index (κ1) is 18.5. The number of hydrogen-bond acceptors (Lipinski definition) is 4. The van der Waals surface area contributed by atoms with Crippen LogP contribution >= 0.6 is 0 Å². The van der Waals surface area contributed by atoms with E-state index in [1.54, 1.807) is 23.2 Å². The van der Waals surface area contributed by atoms with E-state index in [1.807, 2.05) is 68.4 Å². The minimum atomic E-state index is -0.0627. The Kier molecular flexibility index (Phi) is 6.05. The van der Waals surface area contributed by atoms with Crippen LogP contribution < -0.4 is 15.0 Å². The minimum Gasteiger partial charge on any atom is -0.492 e. The molecule has 0 unspecified atom stereocenters. The summed E-state index contributed by atoms with van der Waals surface area (Å²) in [4.78, 5) is 19.1. The molecule has 5 heteroatoms. The Balaban J connectivity index is 1.84. The van der Waals surface area contributed by atoms with Crippen LogP contribution in [0, 0.1) is 0 Å². The third-order valence-electron chi connectivity index (χ3n) is 4.09. The maximum atomic E-state index is 13.0. The van der Waals surface area contributed by atoms with Crippen LogP contribution in [-0.2, 0) is 0 Å². The molecule has 0 bridgehead atoms. The minimum absolute atomic E-state index is 0.0627. The van der Waals surface area contributed by atoms with Crippen LogP contribution in [0.2, 0.25) is 0 Å². The van der Waals surface area contributed by atoms with Crippen molar-refractivity contribution in [3.05, 3.63) is 78.5 Å². The SMILES string of the molecule is CCOc1ccccc1Nc1cc(C(=O)N(CC)c2ccccc2)ccn1. The number of aromatic nitrogens is 1. The summed E-state index contributed by atoms with van der Waals surface area (Å²) in [6, 6.07) is 20.8. The van der Waals surface area contributed by atoms with E-state index in [4.69, 9.17) is 4.74 Å². The Morgan fingerprint density at radius 2 is 1.78 bits per heavy atom. The molecule has 0 aliphatic carbocycles. The monoisotopic (exact) mass is 361 g/mol. The van der Waals surface area contributed by atoms with Gasteiger partial charge in [-0.05, 0) is 50.2 Å². The summed E-state index contributed by atoms with van der Waals surface area (Å²) in [5.74, 6) is 1.28. The molecule has 5 nitrogen and oxygen atoms in total. The second kappa shape index (κ2) is 8.85. The van der Waals surface area contributed by atoms with E-state index in [1.165, 1.54) is 0 Å². The zero-order chi connectivity index (χ0) is 19.1. The summed E-state index contributed by atoms with van der Waals surface area (Å²) >= 11 is 0. The lowest BCUT2D eigenvalue weighted by molar-refractivity contribution is 0.0988. The summed E-state index contributed by atoms with van der Waals surface area (Å²) in [5.41, 5.74) is 2.26. The molecule has 3 aromatic rings. The number of hydrogen-bond donors (Lipinski definition) is 1. The predicted octanol–water partition coefficient (Wildman–Crippen LogP) is 4.89. The molecule has 0 aliphatic rings. The molecule has 0 saturated carbocycles. The molecular weight excluding hydrogens is 338 g/mol. The van der Waals surface area contributed by atoms with Gasteiger partial charge in [0.1, 0.15) is 11.6 Å². The number of rotatable bonds is 7. The van der Waals surface area contributed by atoms with Gasteiger partial charge in [0.05, 0.1) is 12.3 Å². The number of nitrogens with zero attached hydrogens (tertiary/aromatic N) is 2. The third-order valence-corrected chi connectivity index (χ3v) is 4.09. The fourth-order valence-corrected chi connectivity index (χ4v) is 2.83. The third kappa shape index (κ3) is 4.44. The Morgan fingerprint density at radius 1 is 1.04 bits per heavy atom. The van der Waals surface area contributed by atoms with Crippen LogP contribution in [0.5, 0.6) is 5.75 Å². The van der Waals surface area contributed by atoms with Gasteiger partial charge in [-0.3, -0.25) is 4.79 Å². The van der Waals surface area contributed by atoms with Gasteiger partial charge in [0.15, 0.2) is 0 Å². The van der Waals surface area contributed by atoms with Crippen molar-refractivity contribution < 1.29 is 9.53 Å². The number of ether oxygens (including phenoxy) is 1. The Hall–Kier alpha value is -3.34. The van der Waals surface area contributed by atoms with Gasteiger partial charge in [-0.25, -0.2) is 4.98 Å². The van der Waals surface area contributed by atoms with E-state index >= 15 is 0 Å². The van der Waals surface area contributed by atoms with Gasteiger partial charge >= 0.3 is 0 Å². The smallest absolute Gasteiger partial charge is 0.258 e. The molecule has 0 aliphatic heterocycles. The van der Waals surface area contributed by atoms with Crippen molar-refractivity contribution in [2.24, 2.45) is 0 Å². The van der Waals surface area contributed by atoms with Crippen molar-refractivity contribution >= 4 is 23.1 Å². The summed E-state index contributed by atoms with van der Waals surface area (Å²) in [6.07, 6.45) is 1.64. The van der Waals surface area contributed by atoms with Crippen molar-refractivity contribution in [1.82, 2.24) is 4.98 Å². The van der Waals surface area contributed by atoms with Crippen molar-refractivity contribution in [3.8, 4) is 5.75 Å². The fraction of sp³-hybridized carbons (Fsp3) is 0.182. The van der Waals surface area contributed by atoms with E-state index in [0.717, 1.165) is 17.1 Å². The van der Waals surface area contributed by atoms with Crippen LogP contribution in [0.25, 0.3) is 0 Å². The van der Waals surface area contributed by atoms with Crippen molar-refractivity contribution in [3.63, 3.8) is 0 Å². The lowest BCUT2D eigenvalue weighted by Gasteiger charge is -2.21. The zero-order valence-corrected chi connectivity index (χ0v) is 15.6. The molecule has 0 spiro atoms. The predicted molar refractivity (Wildman–Crippen MR) is 109 cm³/mol. The Morgan fingerprint density at radius 3 is 2.52 bits per heavy atom. The number of carbonyl (C=O) groups excluding carboxylic acids is 1. The highest BCUT2D eigenvalue weighted by Crippen LogP contribution is 2.27. The molecular formula is C22H23N3O2. The molecule has 138 valence electrons. The van der Waals surface area contributed by atoms with Crippen LogP contribution in [-0.4, -0.2) is 24.0 Å². The first-order valence-electron chi connectivity index (χ1n) is 9.04. The number of amides is 1. The largest absolute Gasteiger partial charge is 0.492 e. The molecule has 0 fully saturated rings. The second-order valence-electron chi connectivity index (χ2n) is 5.87. The molecule has 2 aromatic carbocycles. The number of pyridine rings is 1. The van der Waals surface area contributed by atoms with Crippen molar-refractivity contribution in [1.29, 1.82) is 0 Å². The molecule has 0 radical (unpaired) electrons. The summed E-state index contributed by atoms with van der Waals surface area (Å²) in [5, 5.41) is 3.24. The van der Waals surface area contributed by atoms with Crippen LogP contribution in [0.3, 0.4) is 0 Å². The van der Waals surface area contributed by atoms with Gasteiger partial charge in [-0.1, -0.05) is 30.3 Å². The first-order chi connectivity index (χ1) is 13.2. The van der Waals surface area contributed by atoms with Gasteiger partial charge in [-0.2, -0.15) is 0 Å². The average Bonchev–Trinajstić information content (AvgIpc) is 2.71. The average molecular weight is 361 g/mol. The number of carbonyl (C=O) groups is 1. The lowest BCUT2D eigenvalue weighted by Crippen LogP contribution is -2.30. The quantitative estimate of drug-likeness (QED) is 0.651. The molecule has 1 amide bonds. The topological polar surface area (TPSA) is 54.5 Å². The van der Waals surface area contributed by atoms with Crippen LogP contribution in [0.1, 0.15) is 24.2 Å². The maximum absolute atomic E-state index is 13.0. The highest BCUT2D eigenvalue weighted by molar-refractivity contribution is 6.06. The second-order valence-corrected chi connectivity index (χ2v) is 5.87. The Labute approximate surface area is 159 Å². The first-order valence-corrected chi connectivity index (χ1v) is 9.04. The van der Waals surface area contributed by atoms with E-state index in [9.17, 15) is 4.79 Å². The summed E-state index contributed by atoms with van der Waals surface area (Å²) in [7, 11) is 0. The van der Waals surface area contributed by atoms with Crippen molar-refractivity contribution in [2.45, 2.75) is 13.8 Å². The maximum Gasteiger partial charge on any atom is 0.258 e. The van der Waals surface area contributed by atoms with Crippen LogP contribution in [0.15, 0.2) is 72.9 Å². The Bertz CT molecular complexity index is 897. The lowest BCUT2D eigenvalue weighted by atomic mass is 10.2. The van der Waals surface area contributed by atoms with E-state index < -0.39 is 0 Å². The molecule has 1 heterocycles. The summed E-state index contributed by atoms with van der Waals surface area (Å²) < 4.78 is 5.63.